The van der Waals surface area contributed by atoms with Gasteiger partial charge in [-0.2, -0.15) is 0 Å². The topological polar surface area (TPSA) is 41.6 Å². The molecule has 5 heteroatoms. The average Bonchev–Trinajstić information content (AvgIpc) is 3.35. The predicted molar refractivity (Wildman–Crippen MR) is 102 cm³/mol. The molecule has 0 saturated carbocycles. The number of likely N-dealkylation sites (tertiary alicyclic amines) is 1. The Morgan fingerprint density at radius 3 is 2.76 bits per heavy atom. The molecule has 4 nitrogen and oxygen atoms in total. The minimum Gasteiger partial charge on any atom is -0.483 e. The maximum absolute atomic E-state index is 12.3. The van der Waals surface area contributed by atoms with Crippen LogP contribution < -0.4 is 10.1 Å². The second-order valence-corrected chi connectivity index (χ2v) is 7.31. The highest BCUT2D eigenvalue weighted by Gasteiger charge is 2.24. The summed E-state index contributed by atoms with van der Waals surface area (Å²) >= 11 is 1.76. The molecular formula is C20H26N2O2S. The maximum Gasteiger partial charge on any atom is 0.258 e. The van der Waals surface area contributed by atoms with Crippen molar-refractivity contribution >= 4 is 17.2 Å². The fourth-order valence-electron chi connectivity index (χ4n) is 3.29. The zero-order chi connectivity index (χ0) is 17.5. The SMILES string of the molecule is CCc1ccccc1OCC(=O)NCC(c1cccs1)N1CCCC1. The third kappa shape index (κ3) is 4.83. The van der Waals surface area contributed by atoms with E-state index in [0.717, 1.165) is 30.8 Å². The monoisotopic (exact) mass is 358 g/mol. The van der Waals surface area contributed by atoms with Gasteiger partial charge < -0.3 is 10.1 Å². The van der Waals surface area contributed by atoms with Crippen molar-refractivity contribution < 1.29 is 9.53 Å². The Morgan fingerprint density at radius 1 is 1.24 bits per heavy atom. The number of thiophene rings is 1. The van der Waals surface area contributed by atoms with Crippen LogP contribution in [0.3, 0.4) is 0 Å². The summed E-state index contributed by atoms with van der Waals surface area (Å²) in [7, 11) is 0. The van der Waals surface area contributed by atoms with Gasteiger partial charge in [0.1, 0.15) is 5.75 Å². The lowest BCUT2D eigenvalue weighted by Gasteiger charge is -2.26. The second-order valence-electron chi connectivity index (χ2n) is 6.33. The zero-order valence-corrected chi connectivity index (χ0v) is 15.6. The first-order valence-electron chi connectivity index (χ1n) is 9.02. The van der Waals surface area contributed by atoms with Crippen LogP contribution in [-0.2, 0) is 11.2 Å². The summed E-state index contributed by atoms with van der Waals surface area (Å²) in [5, 5.41) is 5.16. The molecule has 2 aromatic rings. The molecule has 1 saturated heterocycles. The standard InChI is InChI=1S/C20H26N2O2S/c1-2-16-8-3-4-9-18(16)24-15-20(23)21-14-17(19-10-7-13-25-19)22-11-5-6-12-22/h3-4,7-10,13,17H,2,5-6,11-12,14-15H2,1H3,(H,21,23). The van der Waals surface area contributed by atoms with Crippen LogP contribution in [0.25, 0.3) is 0 Å². The highest BCUT2D eigenvalue weighted by atomic mass is 32.1. The third-order valence-corrected chi connectivity index (χ3v) is 5.63. The number of carbonyl (C=O) groups excluding carboxylic acids is 1. The molecule has 0 radical (unpaired) electrons. The van der Waals surface area contributed by atoms with Crippen LogP contribution in [0.2, 0.25) is 0 Å². The highest BCUT2D eigenvalue weighted by molar-refractivity contribution is 7.10. The number of amides is 1. The molecule has 2 heterocycles. The van der Waals surface area contributed by atoms with E-state index in [1.165, 1.54) is 17.7 Å². The van der Waals surface area contributed by atoms with E-state index >= 15 is 0 Å². The lowest BCUT2D eigenvalue weighted by atomic mass is 10.1. The van der Waals surface area contributed by atoms with E-state index < -0.39 is 0 Å². The number of aryl methyl sites for hydroxylation is 1. The van der Waals surface area contributed by atoms with Gasteiger partial charge in [-0.15, -0.1) is 11.3 Å². The third-order valence-electron chi connectivity index (χ3n) is 4.66. The molecule has 25 heavy (non-hydrogen) atoms. The summed E-state index contributed by atoms with van der Waals surface area (Å²) in [6.07, 6.45) is 3.38. The van der Waals surface area contributed by atoms with Crippen LogP contribution in [0, 0.1) is 0 Å². The van der Waals surface area contributed by atoms with Crippen molar-refractivity contribution in [2.75, 3.05) is 26.2 Å². The van der Waals surface area contributed by atoms with Crippen LogP contribution in [0.5, 0.6) is 5.75 Å². The van der Waals surface area contributed by atoms with Gasteiger partial charge in [0.25, 0.3) is 5.91 Å². The summed E-state index contributed by atoms with van der Waals surface area (Å²) in [5.74, 6) is 0.737. The zero-order valence-electron chi connectivity index (χ0n) is 14.7. The number of benzene rings is 1. The molecule has 1 aromatic carbocycles. The molecule has 1 aliphatic heterocycles. The van der Waals surface area contributed by atoms with Gasteiger partial charge in [0.2, 0.25) is 0 Å². The van der Waals surface area contributed by atoms with Gasteiger partial charge >= 0.3 is 0 Å². The normalized spacial score (nSPS) is 15.9. The van der Waals surface area contributed by atoms with E-state index in [2.05, 4.69) is 34.7 Å². The molecule has 1 unspecified atom stereocenters. The Kier molecular flexibility index (Phi) is 6.48. The molecule has 3 rings (SSSR count). The van der Waals surface area contributed by atoms with E-state index in [-0.39, 0.29) is 18.6 Å². The fourth-order valence-corrected chi connectivity index (χ4v) is 4.15. The summed E-state index contributed by atoms with van der Waals surface area (Å²) in [6.45, 7) is 5.01. The van der Waals surface area contributed by atoms with Gasteiger partial charge in [0.05, 0.1) is 6.04 Å². The molecule has 1 aliphatic rings. The molecule has 1 aromatic heterocycles. The number of para-hydroxylation sites is 1. The number of nitrogens with one attached hydrogen (secondary N) is 1. The van der Waals surface area contributed by atoms with Crippen LogP contribution in [0.4, 0.5) is 0 Å². The first-order valence-corrected chi connectivity index (χ1v) is 9.90. The fraction of sp³-hybridized carbons (Fsp3) is 0.450. The van der Waals surface area contributed by atoms with E-state index in [4.69, 9.17) is 4.74 Å². The number of hydrogen-bond donors (Lipinski definition) is 1. The lowest BCUT2D eigenvalue weighted by Crippen LogP contribution is -2.38. The predicted octanol–water partition coefficient (Wildman–Crippen LogP) is 3.64. The van der Waals surface area contributed by atoms with Gasteiger partial charge in [0, 0.05) is 11.4 Å². The van der Waals surface area contributed by atoms with E-state index in [1.54, 1.807) is 11.3 Å². The molecule has 0 aliphatic carbocycles. The van der Waals surface area contributed by atoms with Crippen LogP contribution in [0.15, 0.2) is 41.8 Å². The molecule has 134 valence electrons. The molecule has 1 amide bonds. The number of hydrogen-bond acceptors (Lipinski definition) is 4. The van der Waals surface area contributed by atoms with Gasteiger partial charge in [-0.25, -0.2) is 0 Å². The summed E-state index contributed by atoms with van der Waals surface area (Å²) in [5.41, 5.74) is 1.13. The van der Waals surface area contributed by atoms with Crippen molar-refractivity contribution in [1.29, 1.82) is 0 Å². The lowest BCUT2D eigenvalue weighted by molar-refractivity contribution is -0.123. The van der Waals surface area contributed by atoms with E-state index in [9.17, 15) is 4.79 Å². The van der Waals surface area contributed by atoms with Crippen molar-refractivity contribution in [3.63, 3.8) is 0 Å². The van der Waals surface area contributed by atoms with Crippen molar-refractivity contribution in [3.05, 3.63) is 52.2 Å². The molecule has 1 atom stereocenters. The number of ether oxygens (including phenoxy) is 1. The first-order chi connectivity index (χ1) is 12.3. The van der Waals surface area contributed by atoms with Crippen LogP contribution >= 0.6 is 11.3 Å². The van der Waals surface area contributed by atoms with Crippen molar-refractivity contribution in [2.45, 2.75) is 32.2 Å². The minimum absolute atomic E-state index is 0.0633. The summed E-state index contributed by atoms with van der Waals surface area (Å²) in [4.78, 5) is 16.0. The van der Waals surface area contributed by atoms with Crippen molar-refractivity contribution in [1.82, 2.24) is 10.2 Å². The van der Waals surface area contributed by atoms with Crippen molar-refractivity contribution in [2.24, 2.45) is 0 Å². The van der Waals surface area contributed by atoms with Gasteiger partial charge in [-0.3, -0.25) is 9.69 Å². The largest absolute Gasteiger partial charge is 0.483 e. The number of rotatable bonds is 8. The minimum atomic E-state index is -0.0633. The Labute approximate surface area is 153 Å². The Morgan fingerprint density at radius 2 is 2.04 bits per heavy atom. The Hall–Kier alpha value is -1.85. The number of nitrogens with zero attached hydrogens (tertiary/aromatic N) is 1. The van der Waals surface area contributed by atoms with Gasteiger partial charge in [-0.05, 0) is 55.4 Å². The van der Waals surface area contributed by atoms with Gasteiger partial charge in [0.15, 0.2) is 6.61 Å². The highest BCUT2D eigenvalue weighted by Crippen LogP contribution is 2.27. The average molecular weight is 359 g/mol. The number of carbonyl (C=O) groups is 1. The molecule has 0 spiro atoms. The Bertz CT molecular complexity index is 666. The summed E-state index contributed by atoms with van der Waals surface area (Å²) in [6, 6.07) is 12.4. The van der Waals surface area contributed by atoms with Gasteiger partial charge in [-0.1, -0.05) is 31.2 Å². The second kappa shape index (κ2) is 9.02. The van der Waals surface area contributed by atoms with Crippen LogP contribution in [-0.4, -0.2) is 37.0 Å². The quantitative estimate of drug-likeness (QED) is 0.783. The molecule has 1 fully saturated rings. The summed E-state index contributed by atoms with van der Waals surface area (Å²) < 4.78 is 5.72. The molecule has 1 N–H and O–H groups in total. The van der Waals surface area contributed by atoms with Crippen molar-refractivity contribution in [3.8, 4) is 5.75 Å². The molecule has 0 bridgehead atoms. The molecular weight excluding hydrogens is 332 g/mol. The van der Waals surface area contributed by atoms with E-state index in [1.807, 2.05) is 24.3 Å². The first kappa shape index (κ1) is 18.0. The van der Waals surface area contributed by atoms with E-state index in [0.29, 0.717) is 6.54 Å². The Balaban J connectivity index is 1.53. The maximum atomic E-state index is 12.3. The smallest absolute Gasteiger partial charge is 0.258 e. The van der Waals surface area contributed by atoms with Crippen LogP contribution in [0.1, 0.15) is 36.2 Å².